The Morgan fingerprint density at radius 3 is 2.11 bits per heavy atom. The van der Waals surface area contributed by atoms with Gasteiger partial charge in [0.2, 0.25) is 5.91 Å². The molecule has 0 aromatic heterocycles. The van der Waals surface area contributed by atoms with Crippen LogP contribution in [0.25, 0.3) is 0 Å². The van der Waals surface area contributed by atoms with Crippen LogP contribution < -0.4 is 10.6 Å². The molecular weight excluding hydrogens is 478 g/mol. The second-order valence-electron chi connectivity index (χ2n) is 11.2. The van der Waals surface area contributed by atoms with E-state index >= 15 is 0 Å². The Bertz CT molecular complexity index is 1160. The van der Waals surface area contributed by atoms with Crippen molar-refractivity contribution in [2.75, 3.05) is 11.9 Å². The van der Waals surface area contributed by atoms with Crippen LogP contribution >= 0.6 is 0 Å². The summed E-state index contributed by atoms with van der Waals surface area (Å²) >= 11 is 0. The first-order chi connectivity index (χ1) is 17.7. The van der Waals surface area contributed by atoms with Crippen molar-refractivity contribution in [1.82, 2.24) is 10.2 Å². The average molecular weight is 522 g/mol. The molecule has 3 amide bonds. The van der Waals surface area contributed by atoms with Crippen LogP contribution in [0.3, 0.4) is 0 Å². The Labute approximate surface area is 227 Å². The topological polar surface area (TPSA) is 87.7 Å². The minimum absolute atomic E-state index is 0.107. The van der Waals surface area contributed by atoms with Crippen molar-refractivity contribution in [1.29, 1.82) is 0 Å². The second-order valence-corrected chi connectivity index (χ2v) is 11.2. The van der Waals surface area contributed by atoms with Crippen molar-refractivity contribution >= 4 is 23.6 Å². The summed E-state index contributed by atoms with van der Waals surface area (Å²) in [6, 6.07) is 9.73. The van der Waals surface area contributed by atoms with Gasteiger partial charge in [0.1, 0.15) is 17.7 Å². The molecule has 38 heavy (non-hydrogen) atoms. The van der Waals surface area contributed by atoms with E-state index in [1.54, 1.807) is 26.8 Å². The zero-order valence-corrected chi connectivity index (χ0v) is 24.3. The number of anilines is 1. The number of para-hydroxylation sites is 1. The number of hydrogen-bond acceptors (Lipinski definition) is 4. The summed E-state index contributed by atoms with van der Waals surface area (Å²) in [6.07, 6.45) is 0.900. The molecule has 0 saturated heterocycles. The van der Waals surface area contributed by atoms with Crippen LogP contribution in [0.1, 0.15) is 68.5 Å². The highest BCUT2D eigenvalue weighted by atomic mass is 16.6. The lowest BCUT2D eigenvalue weighted by Gasteiger charge is -2.35. The first kappa shape index (κ1) is 30.6. The van der Waals surface area contributed by atoms with Crippen LogP contribution in [-0.4, -0.2) is 41.0 Å². The summed E-state index contributed by atoms with van der Waals surface area (Å²) < 4.78 is 5.42. The van der Waals surface area contributed by atoms with E-state index in [2.05, 4.69) is 17.2 Å². The number of hydrogen-bond donors (Lipinski definition) is 2. The first-order valence-corrected chi connectivity index (χ1v) is 13.0. The largest absolute Gasteiger partial charge is 0.444 e. The van der Waals surface area contributed by atoms with Crippen molar-refractivity contribution < 1.29 is 19.1 Å². The lowest BCUT2D eigenvalue weighted by molar-refractivity contribution is -0.141. The number of nitrogens with zero attached hydrogens (tertiary/aromatic N) is 1. The third-order valence-electron chi connectivity index (χ3n) is 6.22. The Hall–Kier alpha value is -3.61. The average Bonchev–Trinajstić information content (AvgIpc) is 2.79. The fourth-order valence-electron chi connectivity index (χ4n) is 4.37. The maximum Gasteiger partial charge on any atom is 0.408 e. The summed E-state index contributed by atoms with van der Waals surface area (Å²) in [5, 5.41) is 5.80. The van der Waals surface area contributed by atoms with Gasteiger partial charge in [-0.25, -0.2) is 4.79 Å². The number of ether oxygens (including phenoxy) is 1. The van der Waals surface area contributed by atoms with E-state index < -0.39 is 29.7 Å². The first-order valence-electron chi connectivity index (χ1n) is 13.0. The third-order valence-corrected chi connectivity index (χ3v) is 6.22. The van der Waals surface area contributed by atoms with Crippen LogP contribution in [-0.2, 0) is 14.3 Å². The maximum atomic E-state index is 14.1. The van der Waals surface area contributed by atoms with Gasteiger partial charge in [-0.1, -0.05) is 61.9 Å². The van der Waals surface area contributed by atoms with E-state index in [1.165, 1.54) is 4.90 Å². The molecule has 2 N–H and O–H groups in total. The van der Waals surface area contributed by atoms with Gasteiger partial charge >= 0.3 is 6.09 Å². The number of carbonyl (C=O) groups is 3. The van der Waals surface area contributed by atoms with Gasteiger partial charge in [0.05, 0.1) is 0 Å². The molecule has 7 nitrogen and oxygen atoms in total. The summed E-state index contributed by atoms with van der Waals surface area (Å²) in [4.78, 5) is 42.2. The highest BCUT2D eigenvalue weighted by Crippen LogP contribution is 2.30. The van der Waals surface area contributed by atoms with E-state index in [0.29, 0.717) is 11.3 Å². The number of amides is 3. The van der Waals surface area contributed by atoms with Gasteiger partial charge in [-0.3, -0.25) is 9.59 Å². The highest BCUT2D eigenvalue weighted by Gasteiger charge is 2.37. The number of benzene rings is 2. The Morgan fingerprint density at radius 2 is 1.61 bits per heavy atom. The molecule has 2 aromatic carbocycles. The molecule has 0 aliphatic rings. The predicted octanol–water partition coefficient (Wildman–Crippen LogP) is 6.16. The monoisotopic (exact) mass is 521 g/mol. The molecule has 2 unspecified atom stereocenters. The second kappa shape index (κ2) is 12.8. The molecule has 0 saturated carbocycles. The lowest BCUT2D eigenvalue weighted by atomic mass is 9.95. The van der Waals surface area contributed by atoms with Gasteiger partial charge in [0, 0.05) is 12.2 Å². The minimum atomic E-state index is -0.957. The van der Waals surface area contributed by atoms with Gasteiger partial charge in [0.25, 0.3) is 5.91 Å². The molecule has 0 bridgehead atoms. The molecule has 0 spiro atoms. The van der Waals surface area contributed by atoms with Crippen molar-refractivity contribution in [3.05, 3.63) is 76.9 Å². The quantitative estimate of drug-likeness (QED) is 0.387. The molecule has 0 aliphatic carbocycles. The van der Waals surface area contributed by atoms with E-state index in [0.717, 1.165) is 22.3 Å². The molecule has 2 atom stereocenters. The van der Waals surface area contributed by atoms with Gasteiger partial charge in [-0.2, -0.15) is 0 Å². The maximum absolute atomic E-state index is 14.1. The number of carbonyl (C=O) groups excluding carboxylic acids is 3. The summed E-state index contributed by atoms with van der Waals surface area (Å²) in [5.74, 6) is -1.000. The Balaban J connectivity index is 2.59. The van der Waals surface area contributed by atoms with Gasteiger partial charge in [-0.15, -0.1) is 6.58 Å². The van der Waals surface area contributed by atoms with Crippen LogP contribution in [0.2, 0.25) is 0 Å². The predicted molar refractivity (Wildman–Crippen MR) is 153 cm³/mol. The van der Waals surface area contributed by atoms with Crippen molar-refractivity contribution in [3.8, 4) is 0 Å². The van der Waals surface area contributed by atoms with Gasteiger partial charge in [-0.05, 0) is 76.6 Å². The molecule has 206 valence electrons. The molecule has 0 fully saturated rings. The fourth-order valence-corrected chi connectivity index (χ4v) is 4.37. The highest BCUT2D eigenvalue weighted by molar-refractivity contribution is 6.00. The Morgan fingerprint density at radius 1 is 1.00 bits per heavy atom. The smallest absolute Gasteiger partial charge is 0.408 e. The van der Waals surface area contributed by atoms with Crippen LogP contribution in [0.5, 0.6) is 0 Å². The van der Waals surface area contributed by atoms with E-state index in [-0.39, 0.29) is 18.4 Å². The van der Waals surface area contributed by atoms with Crippen LogP contribution in [0.4, 0.5) is 10.5 Å². The molecule has 7 heteroatoms. The molecule has 2 aromatic rings. The lowest BCUT2D eigenvalue weighted by Crippen LogP contribution is -2.54. The van der Waals surface area contributed by atoms with Gasteiger partial charge in [0.15, 0.2) is 0 Å². The molecule has 0 heterocycles. The molecular formula is C31H43N3O4. The normalized spacial score (nSPS) is 12.9. The van der Waals surface area contributed by atoms with Crippen LogP contribution in [0, 0.1) is 33.6 Å². The fraction of sp³-hybridized carbons (Fsp3) is 0.452. The molecule has 2 rings (SSSR count). The minimum Gasteiger partial charge on any atom is -0.444 e. The van der Waals surface area contributed by atoms with E-state index in [1.807, 2.05) is 77.9 Å². The number of aryl methyl sites for hydroxylation is 4. The van der Waals surface area contributed by atoms with Crippen molar-refractivity contribution in [2.24, 2.45) is 5.92 Å². The van der Waals surface area contributed by atoms with E-state index in [9.17, 15) is 14.4 Å². The number of alkyl carbamates (subject to hydrolysis) is 1. The number of nitrogens with one attached hydrogen (secondary N) is 2. The Kier molecular flexibility index (Phi) is 10.3. The third kappa shape index (κ3) is 7.94. The zero-order valence-electron chi connectivity index (χ0n) is 24.3. The molecule has 0 radical (unpaired) electrons. The molecule has 0 aliphatic heterocycles. The standard InChI is InChI=1S/C31H43N3O4/c1-11-17-34(29(36)25(19(2)3)33-30(37)38-31(8,9)10)27(24-16-15-20(4)18-23(24)7)28(35)32-26-21(5)13-12-14-22(26)6/h11-16,18-19,25,27H,1,17H2,2-10H3,(H,32,35)(H,33,37). The number of rotatable bonds is 9. The zero-order chi connectivity index (χ0) is 28.8. The van der Waals surface area contributed by atoms with E-state index in [4.69, 9.17) is 4.74 Å². The summed E-state index contributed by atoms with van der Waals surface area (Å²) in [6.45, 7) is 20.7. The van der Waals surface area contributed by atoms with Crippen LogP contribution in [0.15, 0.2) is 49.1 Å². The SMILES string of the molecule is C=CCN(C(=O)C(NC(=O)OC(C)(C)C)C(C)C)C(C(=O)Nc1c(C)cccc1C)c1ccc(C)cc1C. The summed E-state index contributed by atoms with van der Waals surface area (Å²) in [5.41, 5.74) is 4.47. The van der Waals surface area contributed by atoms with Crippen molar-refractivity contribution in [2.45, 2.75) is 80.0 Å². The summed E-state index contributed by atoms with van der Waals surface area (Å²) in [7, 11) is 0. The van der Waals surface area contributed by atoms with Crippen molar-refractivity contribution in [3.63, 3.8) is 0 Å². The van der Waals surface area contributed by atoms with Gasteiger partial charge < -0.3 is 20.3 Å².